The number of hydrogen-bond donors (Lipinski definition) is 2. The zero-order chi connectivity index (χ0) is 16.7. The van der Waals surface area contributed by atoms with Crippen molar-refractivity contribution in [3.8, 4) is 0 Å². The summed E-state index contributed by atoms with van der Waals surface area (Å²) in [6.45, 7) is 10.7. The molecule has 0 aliphatic heterocycles. The molecule has 0 saturated heterocycles. The SMILES string of the molecule is CCCCCC(C)(C)CNC(=NC)NCCCOCCOC. The summed E-state index contributed by atoms with van der Waals surface area (Å²) in [6, 6.07) is 0. The molecule has 0 aromatic heterocycles. The highest BCUT2D eigenvalue weighted by molar-refractivity contribution is 5.79. The predicted molar refractivity (Wildman–Crippen MR) is 94.6 cm³/mol. The van der Waals surface area contributed by atoms with Gasteiger partial charge in [0.15, 0.2) is 5.96 Å². The fourth-order valence-corrected chi connectivity index (χ4v) is 2.11. The first-order chi connectivity index (χ1) is 10.6. The van der Waals surface area contributed by atoms with Crippen molar-refractivity contribution in [2.45, 2.75) is 52.9 Å². The second-order valence-electron chi connectivity index (χ2n) is 6.43. The molecule has 2 N–H and O–H groups in total. The van der Waals surface area contributed by atoms with Crippen LogP contribution in [0.2, 0.25) is 0 Å². The Morgan fingerprint density at radius 2 is 1.82 bits per heavy atom. The maximum absolute atomic E-state index is 5.43. The zero-order valence-electron chi connectivity index (χ0n) is 15.3. The molecule has 132 valence electrons. The second-order valence-corrected chi connectivity index (χ2v) is 6.43. The van der Waals surface area contributed by atoms with Crippen molar-refractivity contribution >= 4 is 5.96 Å². The molecule has 0 aromatic carbocycles. The summed E-state index contributed by atoms with van der Waals surface area (Å²) in [5.41, 5.74) is 0.302. The Morgan fingerprint density at radius 1 is 1.05 bits per heavy atom. The van der Waals surface area contributed by atoms with E-state index in [-0.39, 0.29) is 0 Å². The van der Waals surface area contributed by atoms with Gasteiger partial charge < -0.3 is 20.1 Å². The fraction of sp³-hybridized carbons (Fsp3) is 0.941. The summed E-state index contributed by atoms with van der Waals surface area (Å²) in [5.74, 6) is 0.875. The number of rotatable bonds is 13. The number of hydrogen-bond acceptors (Lipinski definition) is 3. The Labute approximate surface area is 137 Å². The molecule has 0 aliphatic rings. The summed E-state index contributed by atoms with van der Waals surface area (Å²) >= 11 is 0. The number of nitrogens with zero attached hydrogens (tertiary/aromatic N) is 1. The van der Waals surface area contributed by atoms with Gasteiger partial charge in [0.1, 0.15) is 0 Å². The van der Waals surface area contributed by atoms with E-state index in [0.717, 1.165) is 32.1 Å². The van der Waals surface area contributed by atoms with E-state index in [2.05, 4.69) is 36.4 Å². The number of methoxy groups -OCH3 is 1. The molecule has 0 rings (SSSR count). The molecule has 5 nitrogen and oxygen atoms in total. The van der Waals surface area contributed by atoms with Crippen molar-refractivity contribution in [1.29, 1.82) is 0 Å². The van der Waals surface area contributed by atoms with Crippen LogP contribution in [0.5, 0.6) is 0 Å². The van der Waals surface area contributed by atoms with Crippen molar-refractivity contribution in [3.05, 3.63) is 0 Å². The maximum atomic E-state index is 5.43. The molecule has 0 aliphatic carbocycles. The molecular formula is C17H37N3O2. The molecule has 0 bridgehead atoms. The molecule has 0 spiro atoms. The third-order valence-electron chi connectivity index (χ3n) is 3.60. The van der Waals surface area contributed by atoms with Crippen LogP contribution in [-0.2, 0) is 9.47 Å². The Hall–Kier alpha value is -0.810. The molecule has 0 atom stereocenters. The maximum Gasteiger partial charge on any atom is 0.190 e. The van der Waals surface area contributed by atoms with E-state index in [4.69, 9.17) is 9.47 Å². The van der Waals surface area contributed by atoms with Crippen molar-refractivity contribution in [1.82, 2.24) is 10.6 Å². The van der Waals surface area contributed by atoms with E-state index in [9.17, 15) is 0 Å². The predicted octanol–water partition coefficient (Wildman–Crippen LogP) is 2.81. The molecule has 0 heterocycles. The van der Waals surface area contributed by atoms with E-state index < -0.39 is 0 Å². The van der Waals surface area contributed by atoms with Crippen LogP contribution in [0, 0.1) is 5.41 Å². The number of nitrogens with one attached hydrogen (secondary N) is 2. The minimum absolute atomic E-state index is 0.302. The first-order valence-corrected chi connectivity index (χ1v) is 8.57. The Morgan fingerprint density at radius 3 is 2.45 bits per heavy atom. The van der Waals surface area contributed by atoms with E-state index in [1.807, 2.05) is 7.05 Å². The lowest BCUT2D eigenvalue weighted by Gasteiger charge is -2.26. The lowest BCUT2D eigenvalue weighted by Crippen LogP contribution is -2.42. The average molecular weight is 316 g/mol. The van der Waals surface area contributed by atoms with Gasteiger partial charge in [0.25, 0.3) is 0 Å². The molecule has 22 heavy (non-hydrogen) atoms. The number of aliphatic imine (C=N–C) groups is 1. The molecule has 0 unspecified atom stereocenters. The quantitative estimate of drug-likeness (QED) is 0.312. The molecule has 0 saturated carbocycles. The third kappa shape index (κ3) is 12.9. The summed E-state index contributed by atoms with van der Waals surface area (Å²) in [7, 11) is 3.50. The van der Waals surface area contributed by atoms with E-state index in [0.29, 0.717) is 18.6 Å². The first-order valence-electron chi connectivity index (χ1n) is 8.57. The smallest absolute Gasteiger partial charge is 0.190 e. The minimum atomic E-state index is 0.302. The van der Waals surface area contributed by atoms with E-state index in [1.54, 1.807) is 7.11 Å². The van der Waals surface area contributed by atoms with E-state index >= 15 is 0 Å². The monoisotopic (exact) mass is 315 g/mol. The summed E-state index contributed by atoms with van der Waals surface area (Å²) < 4.78 is 10.4. The average Bonchev–Trinajstić information content (AvgIpc) is 2.49. The Kier molecular flexibility index (Phi) is 13.3. The van der Waals surface area contributed by atoms with Crippen LogP contribution in [0.4, 0.5) is 0 Å². The van der Waals surface area contributed by atoms with Crippen LogP contribution in [0.15, 0.2) is 4.99 Å². The second kappa shape index (κ2) is 13.8. The molecule has 0 fully saturated rings. The normalized spacial score (nSPS) is 12.5. The third-order valence-corrected chi connectivity index (χ3v) is 3.60. The highest BCUT2D eigenvalue weighted by Crippen LogP contribution is 2.22. The highest BCUT2D eigenvalue weighted by atomic mass is 16.5. The molecule has 5 heteroatoms. The Bertz CT molecular complexity index is 281. The lowest BCUT2D eigenvalue weighted by molar-refractivity contribution is 0.0698. The van der Waals surface area contributed by atoms with Crippen LogP contribution >= 0.6 is 0 Å². The van der Waals surface area contributed by atoms with E-state index in [1.165, 1.54) is 25.7 Å². The van der Waals surface area contributed by atoms with Crippen molar-refractivity contribution < 1.29 is 9.47 Å². The molecule has 0 amide bonds. The summed E-state index contributed by atoms with van der Waals surface area (Å²) in [6.07, 6.45) is 6.11. The van der Waals surface area contributed by atoms with Crippen LogP contribution in [0.1, 0.15) is 52.9 Å². The summed E-state index contributed by atoms with van der Waals surface area (Å²) in [5, 5.41) is 6.75. The van der Waals surface area contributed by atoms with Gasteiger partial charge in [0.05, 0.1) is 13.2 Å². The van der Waals surface area contributed by atoms with Crippen molar-refractivity contribution in [2.75, 3.05) is 47.1 Å². The van der Waals surface area contributed by atoms with Gasteiger partial charge in [0.2, 0.25) is 0 Å². The van der Waals surface area contributed by atoms with Gasteiger partial charge in [-0.1, -0.05) is 40.0 Å². The molecular weight excluding hydrogens is 278 g/mol. The van der Waals surface area contributed by atoms with Crippen LogP contribution < -0.4 is 10.6 Å². The summed E-state index contributed by atoms with van der Waals surface area (Å²) in [4.78, 5) is 4.27. The molecule has 0 radical (unpaired) electrons. The Balaban J connectivity index is 3.74. The molecule has 0 aromatic rings. The van der Waals surface area contributed by atoms with Crippen LogP contribution in [-0.4, -0.2) is 53.0 Å². The topological polar surface area (TPSA) is 54.9 Å². The van der Waals surface area contributed by atoms with Gasteiger partial charge in [-0.2, -0.15) is 0 Å². The van der Waals surface area contributed by atoms with Gasteiger partial charge in [0, 0.05) is 33.9 Å². The fourth-order valence-electron chi connectivity index (χ4n) is 2.11. The lowest BCUT2D eigenvalue weighted by atomic mass is 9.87. The van der Waals surface area contributed by atoms with Crippen molar-refractivity contribution in [2.24, 2.45) is 10.4 Å². The number of guanidine groups is 1. The van der Waals surface area contributed by atoms with Crippen molar-refractivity contribution in [3.63, 3.8) is 0 Å². The largest absolute Gasteiger partial charge is 0.382 e. The first kappa shape index (κ1) is 21.2. The zero-order valence-corrected chi connectivity index (χ0v) is 15.3. The van der Waals surface area contributed by atoms with Gasteiger partial charge in [-0.25, -0.2) is 0 Å². The van der Waals surface area contributed by atoms with Crippen LogP contribution in [0.3, 0.4) is 0 Å². The van der Waals surface area contributed by atoms with Gasteiger partial charge in [-0.05, 0) is 18.3 Å². The number of ether oxygens (including phenoxy) is 2. The van der Waals surface area contributed by atoms with Gasteiger partial charge in [-0.15, -0.1) is 0 Å². The number of unbranched alkanes of at least 4 members (excludes halogenated alkanes) is 2. The highest BCUT2D eigenvalue weighted by Gasteiger charge is 2.17. The van der Waals surface area contributed by atoms with Gasteiger partial charge in [-0.3, -0.25) is 4.99 Å². The minimum Gasteiger partial charge on any atom is -0.382 e. The standard InChI is InChI=1S/C17H37N3O2/c1-6-7-8-10-17(2,3)15-20-16(18-4)19-11-9-12-22-14-13-21-5/h6-15H2,1-5H3,(H2,18,19,20). The van der Waals surface area contributed by atoms with Gasteiger partial charge >= 0.3 is 0 Å². The van der Waals surface area contributed by atoms with Crippen LogP contribution in [0.25, 0.3) is 0 Å².